The van der Waals surface area contributed by atoms with Gasteiger partial charge in [-0.15, -0.1) is 12.4 Å². The van der Waals surface area contributed by atoms with Crippen molar-refractivity contribution in [3.63, 3.8) is 0 Å². The van der Waals surface area contributed by atoms with Crippen molar-refractivity contribution in [3.05, 3.63) is 57.6 Å². The molecule has 7 heteroatoms. The molecule has 0 spiro atoms. The summed E-state index contributed by atoms with van der Waals surface area (Å²) < 4.78 is 2.05. The number of rotatable bonds is 7. The molecule has 1 amide bonds. The summed E-state index contributed by atoms with van der Waals surface area (Å²) in [5, 5.41) is 0.765. The highest BCUT2D eigenvalue weighted by Crippen LogP contribution is 2.33. The topological polar surface area (TPSA) is 36.4 Å². The summed E-state index contributed by atoms with van der Waals surface area (Å²) in [6.07, 6.45) is 0. The van der Waals surface area contributed by atoms with Crippen LogP contribution in [0.1, 0.15) is 35.3 Å². The molecule has 0 atom stereocenters. The minimum absolute atomic E-state index is 0. The highest BCUT2D eigenvalue weighted by molar-refractivity contribution is 9.10. The first-order valence-corrected chi connectivity index (χ1v) is 11.2. The first kappa shape index (κ1) is 23.8. The van der Waals surface area contributed by atoms with E-state index in [2.05, 4.69) is 60.7 Å². The van der Waals surface area contributed by atoms with E-state index in [0.29, 0.717) is 12.1 Å². The molecule has 0 aliphatic heterocycles. The normalized spacial score (nSPS) is 11.0. The second-order valence-electron chi connectivity index (χ2n) is 6.92. The molecular weight excluding hydrogens is 470 g/mol. The van der Waals surface area contributed by atoms with E-state index >= 15 is 0 Å². The number of amides is 1. The third kappa shape index (κ3) is 5.57. The van der Waals surface area contributed by atoms with E-state index in [4.69, 9.17) is 4.98 Å². The Morgan fingerprint density at radius 1 is 1.10 bits per heavy atom. The minimum Gasteiger partial charge on any atom is -0.302 e. The summed E-state index contributed by atoms with van der Waals surface area (Å²) >= 11 is 5.07. The first-order valence-electron chi connectivity index (χ1n) is 9.60. The Morgan fingerprint density at radius 3 is 2.48 bits per heavy atom. The van der Waals surface area contributed by atoms with Gasteiger partial charge in [0.05, 0.1) is 10.2 Å². The molecule has 0 radical (unpaired) electrons. The zero-order chi connectivity index (χ0) is 20.3. The van der Waals surface area contributed by atoms with Crippen molar-refractivity contribution in [2.75, 3.05) is 31.1 Å². The average Bonchev–Trinajstić information content (AvgIpc) is 3.09. The molecule has 3 rings (SSSR count). The maximum Gasteiger partial charge on any atom is 0.260 e. The predicted octanol–water partition coefficient (Wildman–Crippen LogP) is 6.09. The van der Waals surface area contributed by atoms with E-state index in [1.807, 2.05) is 29.2 Å². The molecule has 0 saturated heterocycles. The van der Waals surface area contributed by atoms with E-state index in [1.165, 1.54) is 11.1 Å². The Morgan fingerprint density at radius 2 is 1.83 bits per heavy atom. The lowest BCUT2D eigenvalue weighted by molar-refractivity contribution is 0.0983. The van der Waals surface area contributed by atoms with Crippen LogP contribution in [0.4, 0.5) is 5.13 Å². The molecule has 0 fully saturated rings. The van der Waals surface area contributed by atoms with Crippen molar-refractivity contribution in [2.24, 2.45) is 0 Å². The predicted molar refractivity (Wildman–Crippen MR) is 130 cm³/mol. The summed E-state index contributed by atoms with van der Waals surface area (Å²) in [6, 6.07) is 11.8. The van der Waals surface area contributed by atoms with Crippen LogP contribution in [0.2, 0.25) is 0 Å². The Labute approximate surface area is 191 Å². The van der Waals surface area contributed by atoms with Crippen LogP contribution in [0.25, 0.3) is 10.2 Å². The monoisotopic (exact) mass is 495 g/mol. The Kier molecular flexibility index (Phi) is 8.64. The van der Waals surface area contributed by atoms with Crippen LogP contribution in [-0.4, -0.2) is 42.0 Å². The van der Waals surface area contributed by atoms with Gasteiger partial charge in [-0.1, -0.05) is 53.2 Å². The largest absolute Gasteiger partial charge is 0.302 e. The molecule has 29 heavy (non-hydrogen) atoms. The number of halogens is 2. The van der Waals surface area contributed by atoms with Crippen LogP contribution in [0.3, 0.4) is 0 Å². The number of aromatic nitrogens is 1. The SMILES string of the molecule is CCN(CC)CCN(C(=O)c1cccc(Br)c1)c1nc2cc(C)cc(C)c2s1.Cl. The molecule has 0 unspecified atom stereocenters. The van der Waals surface area contributed by atoms with Gasteiger partial charge in [0.25, 0.3) is 5.91 Å². The van der Waals surface area contributed by atoms with Crippen LogP contribution < -0.4 is 4.90 Å². The molecular formula is C22H27BrClN3OS. The number of carbonyl (C=O) groups is 1. The van der Waals surface area contributed by atoms with E-state index < -0.39 is 0 Å². The molecule has 0 aliphatic carbocycles. The lowest BCUT2D eigenvalue weighted by atomic mass is 10.1. The molecule has 3 aromatic rings. The number of anilines is 1. The number of hydrogen-bond acceptors (Lipinski definition) is 4. The molecule has 156 valence electrons. The molecule has 0 bridgehead atoms. The van der Waals surface area contributed by atoms with Crippen molar-refractivity contribution in [1.82, 2.24) is 9.88 Å². The van der Waals surface area contributed by atoms with Gasteiger partial charge in [0.15, 0.2) is 5.13 Å². The van der Waals surface area contributed by atoms with Crippen LogP contribution in [0, 0.1) is 13.8 Å². The first-order chi connectivity index (χ1) is 13.4. The highest BCUT2D eigenvalue weighted by Gasteiger charge is 2.22. The Bertz CT molecular complexity index is 987. The summed E-state index contributed by atoms with van der Waals surface area (Å²) in [5.74, 6) is -0.0121. The fourth-order valence-corrected chi connectivity index (χ4v) is 4.76. The quantitative estimate of drug-likeness (QED) is 0.397. The van der Waals surface area contributed by atoms with Crippen molar-refractivity contribution in [2.45, 2.75) is 27.7 Å². The fraction of sp³-hybridized carbons (Fsp3) is 0.364. The number of aryl methyl sites for hydroxylation is 2. The summed E-state index contributed by atoms with van der Waals surface area (Å²) in [5.41, 5.74) is 4.03. The van der Waals surface area contributed by atoms with Gasteiger partial charge in [-0.3, -0.25) is 9.69 Å². The number of thiazole rings is 1. The van der Waals surface area contributed by atoms with Crippen LogP contribution in [-0.2, 0) is 0 Å². The summed E-state index contributed by atoms with van der Waals surface area (Å²) in [7, 11) is 0. The maximum absolute atomic E-state index is 13.4. The van der Waals surface area contributed by atoms with Gasteiger partial charge in [-0.25, -0.2) is 4.98 Å². The van der Waals surface area contributed by atoms with E-state index in [1.54, 1.807) is 11.3 Å². The van der Waals surface area contributed by atoms with E-state index in [9.17, 15) is 4.79 Å². The van der Waals surface area contributed by atoms with Crippen molar-refractivity contribution >= 4 is 60.9 Å². The van der Waals surface area contributed by atoms with Gasteiger partial charge in [-0.2, -0.15) is 0 Å². The van der Waals surface area contributed by atoms with E-state index in [-0.39, 0.29) is 18.3 Å². The van der Waals surface area contributed by atoms with Gasteiger partial charge in [0, 0.05) is 23.1 Å². The standard InChI is InChI=1S/C22H26BrN3OS.ClH/c1-5-25(6-2)10-11-26(21(27)17-8-7-9-18(23)14-17)22-24-19-13-15(3)12-16(4)20(19)28-22;/h7-9,12-14H,5-6,10-11H2,1-4H3;1H. The smallest absolute Gasteiger partial charge is 0.260 e. The lowest BCUT2D eigenvalue weighted by Crippen LogP contribution is -2.38. The zero-order valence-electron chi connectivity index (χ0n) is 17.2. The van der Waals surface area contributed by atoms with E-state index in [0.717, 1.165) is 39.5 Å². The number of nitrogens with zero attached hydrogens (tertiary/aromatic N) is 3. The second kappa shape index (κ2) is 10.5. The third-order valence-corrected chi connectivity index (χ3v) is 6.61. The van der Waals surface area contributed by atoms with Gasteiger partial charge in [0.2, 0.25) is 0 Å². The number of fused-ring (bicyclic) bond motifs is 1. The van der Waals surface area contributed by atoms with Crippen LogP contribution >= 0.6 is 39.7 Å². The molecule has 1 aromatic heterocycles. The van der Waals surface area contributed by atoms with Crippen LogP contribution in [0.15, 0.2) is 40.9 Å². The molecule has 1 heterocycles. The zero-order valence-corrected chi connectivity index (χ0v) is 20.5. The van der Waals surface area contributed by atoms with Crippen molar-refractivity contribution < 1.29 is 4.79 Å². The highest BCUT2D eigenvalue weighted by atomic mass is 79.9. The maximum atomic E-state index is 13.4. The van der Waals surface area contributed by atoms with Crippen molar-refractivity contribution in [3.8, 4) is 0 Å². The van der Waals surface area contributed by atoms with Gasteiger partial charge < -0.3 is 4.90 Å². The number of benzene rings is 2. The Balaban J connectivity index is 0.00000300. The van der Waals surface area contributed by atoms with Crippen molar-refractivity contribution in [1.29, 1.82) is 0 Å². The molecule has 4 nitrogen and oxygen atoms in total. The summed E-state index contributed by atoms with van der Waals surface area (Å²) in [6.45, 7) is 11.8. The lowest BCUT2D eigenvalue weighted by Gasteiger charge is -2.24. The fourth-order valence-electron chi connectivity index (χ4n) is 3.32. The van der Waals surface area contributed by atoms with Gasteiger partial charge in [-0.05, 0) is 62.3 Å². The number of carbonyl (C=O) groups excluding carboxylic acids is 1. The molecule has 2 aromatic carbocycles. The number of likely N-dealkylation sites (N-methyl/N-ethyl adjacent to an activating group) is 1. The molecule has 0 N–H and O–H groups in total. The summed E-state index contributed by atoms with van der Waals surface area (Å²) in [4.78, 5) is 22.4. The third-order valence-electron chi connectivity index (χ3n) is 4.89. The molecule has 0 saturated carbocycles. The van der Waals surface area contributed by atoms with Crippen LogP contribution in [0.5, 0.6) is 0 Å². The molecule has 0 aliphatic rings. The Hall–Kier alpha value is -1.47. The van der Waals surface area contributed by atoms with Gasteiger partial charge in [0.1, 0.15) is 0 Å². The second-order valence-corrected chi connectivity index (χ2v) is 8.81. The van der Waals surface area contributed by atoms with Gasteiger partial charge >= 0.3 is 0 Å². The average molecular weight is 497 g/mol. The number of hydrogen-bond donors (Lipinski definition) is 0. The minimum atomic E-state index is -0.0121.